The number of aryl methyl sites for hydroxylation is 1. The van der Waals surface area contributed by atoms with Gasteiger partial charge in [0, 0.05) is 13.3 Å². The van der Waals surface area contributed by atoms with Gasteiger partial charge in [-0.3, -0.25) is 4.79 Å². The van der Waals surface area contributed by atoms with Crippen molar-refractivity contribution in [2.24, 2.45) is 0 Å². The van der Waals surface area contributed by atoms with Gasteiger partial charge in [0.25, 0.3) is 0 Å². The van der Waals surface area contributed by atoms with Crippen molar-refractivity contribution in [3.63, 3.8) is 0 Å². The number of para-hydroxylation sites is 1. The molecule has 1 heterocycles. The molecule has 2 aromatic carbocycles. The number of hydrogen-bond acceptors (Lipinski definition) is 3. The Morgan fingerprint density at radius 2 is 2.00 bits per heavy atom. The lowest BCUT2D eigenvalue weighted by Crippen LogP contribution is -2.15. The van der Waals surface area contributed by atoms with Crippen LogP contribution in [0.15, 0.2) is 46.9 Å². The molecule has 3 rings (SSSR count). The maximum atomic E-state index is 13.1. The molecule has 1 atom stereocenters. The maximum Gasteiger partial charge on any atom is 0.225 e. The van der Waals surface area contributed by atoms with Gasteiger partial charge in [-0.05, 0) is 42.2 Å². The Balaban J connectivity index is 1.75. The zero-order chi connectivity index (χ0) is 17.1. The second-order valence-corrected chi connectivity index (χ2v) is 5.80. The summed E-state index contributed by atoms with van der Waals surface area (Å²) in [6, 6.07) is 11.8. The third-order valence-corrected chi connectivity index (χ3v) is 4.06. The number of hydrogen-bond donors (Lipinski definition) is 1. The van der Waals surface area contributed by atoms with E-state index in [0.29, 0.717) is 23.6 Å². The fourth-order valence-electron chi connectivity index (χ4n) is 2.82. The van der Waals surface area contributed by atoms with E-state index in [1.807, 2.05) is 19.1 Å². The summed E-state index contributed by atoms with van der Waals surface area (Å²) in [4.78, 5) is 16.7. The number of anilines is 1. The van der Waals surface area contributed by atoms with Crippen molar-refractivity contribution in [2.45, 2.75) is 32.6 Å². The lowest BCUT2D eigenvalue weighted by molar-refractivity contribution is -0.116. The van der Waals surface area contributed by atoms with Crippen LogP contribution in [0.25, 0.3) is 11.1 Å². The molecule has 0 radical (unpaired) electrons. The van der Waals surface area contributed by atoms with E-state index in [9.17, 15) is 9.18 Å². The first-order valence-corrected chi connectivity index (χ1v) is 7.98. The normalized spacial score (nSPS) is 12.3. The van der Waals surface area contributed by atoms with E-state index in [4.69, 9.17) is 4.42 Å². The Kier molecular flexibility index (Phi) is 4.60. The Bertz CT molecular complexity index is 855. The number of oxazole rings is 1. The molecular weight excluding hydrogens is 307 g/mol. The number of carbonyl (C=O) groups is 1. The Labute approximate surface area is 139 Å². The van der Waals surface area contributed by atoms with Crippen LogP contribution in [0.1, 0.15) is 37.1 Å². The predicted octanol–water partition coefficient (Wildman–Crippen LogP) is 4.80. The van der Waals surface area contributed by atoms with E-state index in [1.54, 1.807) is 25.1 Å². The molecule has 0 aliphatic carbocycles. The molecule has 4 nitrogen and oxygen atoms in total. The minimum Gasteiger partial charge on any atom is -0.439 e. The summed E-state index contributed by atoms with van der Waals surface area (Å²) < 4.78 is 18.6. The number of aromatic nitrogens is 1. The first-order valence-electron chi connectivity index (χ1n) is 7.98. The van der Waals surface area contributed by atoms with E-state index >= 15 is 0 Å². The van der Waals surface area contributed by atoms with E-state index in [-0.39, 0.29) is 17.6 Å². The molecule has 0 bridgehead atoms. The summed E-state index contributed by atoms with van der Waals surface area (Å²) >= 11 is 0. The summed E-state index contributed by atoms with van der Waals surface area (Å²) in [7, 11) is 0. The molecule has 3 aromatic rings. The minimum absolute atomic E-state index is 0.0428. The van der Waals surface area contributed by atoms with Crippen molar-refractivity contribution in [3.8, 4) is 0 Å². The van der Waals surface area contributed by atoms with E-state index in [1.165, 1.54) is 12.1 Å². The summed E-state index contributed by atoms with van der Waals surface area (Å²) in [6.45, 7) is 3.79. The van der Waals surface area contributed by atoms with Crippen LogP contribution in [0.3, 0.4) is 0 Å². The highest BCUT2D eigenvalue weighted by atomic mass is 19.1. The molecule has 0 saturated heterocycles. The lowest BCUT2D eigenvalue weighted by atomic mass is 9.93. The molecule has 0 spiro atoms. The number of rotatable bonds is 5. The highest BCUT2D eigenvalue weighted by molar-refractivity contribution is 5.98. The smallest absolute Gasteiger partial charge is 0.225 e. The van der Waals surface area contributed by atoms with Crippen LogP contribution in [0.2, 0.25) is 0 Å². The summed E-state index contributed by atoms with van der Waals surface area (Å²) in [5.74, 6) is 0.226. The van der Waals surface area contributed by atoms with Crippen LogP contribution >= 0.6 is 0 Å². The van der Waals surface area contributed by atoms with E-state index in [2.05, 4.69) is 10.3 Å². The largest absolute Gasteiger partial charge is 0.439 e. The van der Waals surface area contributed by atoms with Gasteiger partial charge in [0.1, 0.15) is 11.3 Å². The van der Waals surface area contributed by atoms with Crippen molar-refractivity contribution in [1.29, 1.82) is 0 Å². The maximum absolute atomic E-state index is 13.1. The van der Waals surface area contributed by atoms with Crippen LogP contribution in [0.4, 0.5) is 10.1 Å². The van der Waals surface area contributed by atoms with Crippen molar-refractivity contribution in [2.75, 3.05) is 5.32 Å². The molecule has 5 heteroatoms. The van der Waals surface area contributed by atoms with Crippen molar-refractivity contribution in [1.82, 2.24) is 4.98 Å². The molecule has 1 amide bonds. The SMILES string of the molecule is CCC(CC(=O)Nc1cccc2nc(C)oc12)c1ccc(F)cc1. The molecule has 0 fully saturated rings. The van der Waals surface area contributed by atoms with E-state index < -0.39 is 0 Å². The zero-order valence-electron chi connectivity index (χ0n) is 13.7. The number of benzene rings is 2. The average molecular weight is 326 g/mol. The summed E-state index contributed by atoms with van der Waals surface area (Å²) in [5.41, 5.74) is 2.88. The predicted molar refractivity (Wildman–Crippen MR) is 91.4 cm³/mol. The van der Waals surface area contributed by atoms with Crippen molar-refractivity contribution >= 4 is 22.7 Å². The molecular formula is C19H19FN2O2. The Morgan fingerprint density at radius 1 is 1.25 bits per heavy atom. The molecule has 0 aliphatic rings. The third kappa shape index (κ3) is 3.45. The Morgan fingerprint density at radius 3 is 2.71 bits per heavy atom. The fraction of sp³-hybridized carbons (Fsp3) is 0.263. The minimum atomic E-state index is -0.273. The van der Waals surface area contributed by atoms with Crippen LogP contribution in [-0.4, -0.2) is 10.9 Å². The fourth-order valence-corrected chi connectivity index (χ4v) is 2.82. The van der Waals surface area contributed by atoms with Gasteiger partial charge in [-0.1, -0.05) is 25.1 Å². The number of carbonyl (C=O) groups excluding carboxylic acids is 1. The summed E-state index contributed by atoms with van der Waals surface area (Å²) in [6.07, 6.45) is 1.12. The highest BCUT2D eigenvalue weighted by Gasteiger charge is 2.16. The second kappa shape index (κ2) is 6.83. The first-order chi connectivity index (χ1) is 11.6. The van der Waals surface area contributed by atoms with Gasteiger partial charge in [-0.15, -0.1) is 0 Å². The molecule has 0 saturated carbocycles. The van der Waals surface area contributed by atoms with Gasteiger partial charge >= 0.3 is 0 Å². The first kappa shape index (κ1) is 16.2. The van der Waals surface area contributed by atoms with Gasteiger partial charge in [-0.25, -0.2) is 9.37 Å². The number of fused-ring (bicyclic) bond motifs is 1. The zero-order valence-corrected chi connectivity index (χ0v) is 13.7. The average Bonchev–Trinajstić information content (AvgIpc) is 2.95. The monoisotopic (exact) mass is 326 g/mol. The quantitative estimate of drug-likeness (QED) is 0.733. The topological polar surface area (TPSA) is 55.1 Å². The van der Waals surface area contributed by atoms with Gasteiger partial charge < -0.3 is 9.73 Å². The number of amides is 1. The highest BCUT2D eigenvalue weighted by Crippen LogP contribution is 2.27. The van der Waals surface area contributed by atoms with Gasteiger partial charge in [0.15, 0.2) is 11.5 Å². The number of halogens is 1. The van der Waals surface area contributed by atoms with Crippen LogP contribution in [0, 0.1) is 12.7 Å². The van der Waals surface area contributed by atoms with Gasteiger partial charge in [0.05, 0.1) is 5.69 Å². The van der Waals surface area contributed by atoms with Crippen LogP contribution in [-0.2, 0) is 4.79 Å². The molecule has 0 aliphatic heterocycles. The summed E-state index contributed by atoms with van der Waals surface area (Å²) in [5, 5.41) is 2.90. The molecule has 124 valence electrons. The molecule has 1 unspecified atom stereocenters. The standard InChI is InChI=1S/C19H19FN2O2/c1-3-13(14-7-9-15(20)10-8-14)11-18(23)22-17-6-4-5-16-19(17)24-12(2)21-16/h4-10,13H,3,11H2,1-2H3,(H,22,23). The second-order valence-electron chi connectivity index (χ2n) is 5.80. The van der Waals surface area contributed by atoms with Crippen LogP contribution < -0.4 is 5.32 Å². The van der Waals surface area contributed by atoms with Gasteiger partial charge in [0.2, 0.25) is 5.91 Å². The van der Waals surface area contributed by atoms with E-state index in [0.717, 1.165) is 17.5 Å². The number of nitrogens with one attached hydrogen (secondary N) is 1. The van der Waals surface area contributed by atoms with Crippen LogP contribution in [0.5, 0.6) is 0 Å². The lowest BCUT2D eigenvalue weighted by Gasteiger charge is -2.15. The van der Waals surface area contributed by atoms with Gasteiger partial charge in [-0.2, -0.15) is 0 Å². The number of nitrogens with zero attached hydrogens (tertiary/aromatic N) is 1. The Hall–Kier alpha value is -2.69. The molecule has 1 N–H and O–H groups in total. The molecule has 1 aromatic heterocycles. The van der Waals surface area contributed by atoms with Crippen molar-refractivity contribution < 1.29 is 13.6 Å². The molecule has 24 heavy (non-hydrogen) atoms. The van der Waals surface area contributed by atoms with Crippen molar-refractivity contribution in [3.05, 3.63) is 59.7 Å². The third-order valence-electron chi connectivity index (χ3n) is 4.06.